The summed E-state index contributed by atoms with van der Waals surface area (Å²) in [7, 11) is 0. The Morgan fingerprint density at radius 1 is 1.29 bits per heavy atom. The van der Waals surface area contributed by atoms with Gasteiger partial charge in [0, 0.05) is 16.4 Å². The van der Waals surface area contributed by atoms with Crippen LogP contribution >= 0.6 is 15.9 Å². The average Bonchev–Trinajstić information content (AvgIpc) is 3.14. The molecule has 1 heterocycles. The highest BCUT2D eigenvalue weighted by Crippen LogP contribution is 2.32. The molecule has 0 bridgehead atoms. The molecular weight excluding hydrogens is 278 g/mol. The summed E-state index contributed by atoms with van der Waals surface area (Å²) in [6, 6.07) is 6.07. The fourth-order valence-electron chi connectivity index (χ4n) is 1.97. The molecule has 17 heavy (non-hydrogen) atoms. The van der Waals surface area contributed by atoms with Crippen LogP contribution in [0.1, 0.15) is 19.3 Å². The van der Waals surface area contributed by atoms with Crippen molar-refractivity contribution in [2.24, 2.45) is 5.92 Å². The van der Waals surface area contributed by atoms with Gasteiger partial charge in [-0.3, -0.25) is 0 Å². The molecule has 1 aliphatic carbocycles. The Bertz CT molecular complexity index is 537. The van der Waals surface area contributed by atoms with E-state index in [9.17, 15) is 0 Å². The molecule has 1 fully saturated rings. The highest BCUT2D eigenvalue weighted by atomic mass is 79.9. The van der Waals surface area contributed by atoms with Gasteiger partial charge in [-0.2, -0.15) is 0 Å². The number of nitrogens with zero attached hydrogens (tertiary/aromatic N) is 2. The monoisotopic (exact) mass is 291 g/mol. The van der Waals surface area contributed by atoms with Gasteiger partial charge in [0.15, 0.2) is 0 Å². The van der Waals surface area contributed by atoms with Crippen molar-refractivity contribution in [1.29, 1.82) is 0 Å². The summed E-state index contributed by atoms with van der Waals surface area (Å²) in [5.74, 6) is 1.89. The van der Waals surface area contributed by atoms with Crippen LogP contribution in [0.2, 0.25) is 0 Å². The molecule has 88 valence electrons. The lowest BCUT2D eigenvalue weighted by Gasteiger charge is -2.07. The summed E-state index contributed by atoms with van der Waals surface area (Å²) in [5.41, 5.74) is 0.983. The van der Waals surface area contributed by atoms with Crippen molar-refractivity contribution in [2.75, 3.05) is 11.9 Å². The third-order valence-electron chi connectivity index (χ3n) is 3.14. The van der Waals surface area contributed by atoms with Crippen molar-refractivity contribution >= 4 is 32.7 Å². The lowest BCUT2D eigenvalue weighted by atomic mass is 10.2. The van der Waals surface area contributed by atoms with Crippen molar-refractivity contribution in [2.45, 2.75) is 19.3 Å². The van der Waals surface area contributed by atoms with Crippen LogP contribution in [0.5, 0.6) is 0 Å². The van der Waals surface area contributed by atoms with Gasteiger partial charge in [0.1, 0.15) is 12.1 Å². The molecule has 2 aromatic rings. The molecule has 0 aliphatic heterocycles. The number of rotatable bonds is 4. The Balaban J connectivity index is 1.83. The molecular formula is C13H14BrN3. The number of aromatic nitrogens is 2. The second-order valence-corrected chi connectivity index (χ2v) is 5.46. The van der Waals surface area contributed by atoms with Gasteiger partial charge in [-0.05, 0) is 30.5 Å². The highest BCUT2D eigenvalue weighted by molar-refractivity contribution is 9.10. The zero-order valence-corrected chi connectivity index (χ0v) is 11.1. The molecule has 0 saturated heterocycles. The summed E-state index contributed by atoms with van der Waals surface area (Å²) in [6.07, 6.45) is 5.67. The van der Waals surface area contributed by atoms with Gasteiger partial charge in [0.25, 0.3) is 0 Å². The van der Waals surface area contributed by atoms with Crippen molar-refractivity contribution in [3.8, 4) is 0 Å². The fourth-order valence-corrected chi connectivity index (χ4v) is 2.33. The van der Waals surface area contributed by atoms with E-state index in [0.29, 0.717) is 0 Å². The first-order valence-electron chi connectivity index (χ1n) is 5.97. The largest absolute Gasteiger partial charge is 0.369 e. The summed E-state index contributed by atoms with van der Waals surface area (Å²) >= 11 is 3.48. The first-order chi connectivity index (χ1) is 8.33. The summed E-state index contributed by atoms with van der Waals surface area (Å²) in [5, 5.41) is 4.50. The molecule has 4 heteroatoms. The average molecular weight is 292 g/mol. The lowest BCUT2D eigenvalue weighted by Crippen LogP contribution is -2.04. The Hall–Kier alpha value is -1.16. The van der Waals surface area contributed by atoms with Gasteiger partial charge >= 0.3 is 0 Å². The first-order valence-corrected chi connectivity index (χ1v) is 6.76. The molecule has 0 unspecified atom stereocenters. The van der Waals surface area contributed by atoms with Crippen LogP contribution in [0, 0.1) is 5.92 Å². The van der Waals surface area contributed by atoms with Gasteiger partial charge in [-0.25, -0.2) is 9.97 Å². The van der Waals surface area contributed by atoms with Gasteiger partial charge in [0.2, 0.25) is 0 Å². The smallest absolute Gasteiger partial charge is 0.137 e. The zero-order valence-electron chi connectivity index (χ0n) is 9.49. The molecule has 0 radical (unpaired) electrons. The fraction of sp³-hybridized carbons (Fsp3) is 0.385. The third-order valence-corrected chi connectivity index (χ3v) is 3.63. The minimum atomic E-state index is 0.942. The number of halogens is 1. The van der Waals surface area contributed by atoms with E-state index in [1.807, 2.05) is 12.1 Å². The number of nitrogens with one attached hydrogen (secondary N) is 1. The lowest BCUT2D eigenvalue weighted by molar-refractivity contribution is 0.759. The summed E-state index contributed by atoms with van der Waals surface area (Å²) < 4.78 is 1.06. The predicted molar refractivity (Wildman–Crippen MR) is 73.1 cm³/mol. The van der Waals surface area contributed by atoms with Crippen LogP contribution in [0.4, 0.5) is 5.82 Å². The van der Waals surface area contributed by atoms with Crippen molar-refractivity contribution in [3.05, 3.63) is 29.0 Å². The Morgan fingerprint density at radius 2 is 2.18 bits per heavy atom. The van der Waals surface area contributed by atoms with E-state index in [1.54, 1.807) is 6.33 Å². The predicted octanol–water partition coefficient (Wildman–Crippen LogP) is 3.60. The molecule has 0 spiro atoms. The summed E-state index contributed by atoms with van der Waals surface area (Å²) in [6.45, 7) is 1.00. The standard InChI is InChI=1S/C13H14BrN3/c14-10-3-4-12-11(7-10)13(17-8-16-12)15-6-5-9-1-2-9/h3-4,7-9H,1-2,5-6H2,(H,15,16,17). The molecule has 3 rings (SSSR count). The number of hydrogen-bond acceptors (Lipinski definition) is 3. The van der Waals surface area contributed by atoms with E-state index in [0.717, 1.165) is 33.7 Å². The maximum atomic E-state index is 4.32. The minimum absolute atomic E-state index is 0.942. The van der Waals surface area contributed by atoms with Crippen LogP contribution in [0.15, 0.2) is 29.0 Å². The normalized spacial score (nSPS) is 15.1. The molecule has 0 amide bonds. The maximum absolute atomic E-state index is 4.32. The third kappa shape index (κ3) is 2.57. The quantitative estimate of drug-likeness (QED) is 0.935. The topological polar surface area (TPSA) is 37.8 Å². The second-order valence-electron chi connectivity index (χ2n) is 4.54. The van der Waals surface area contributed by atoms with Crippen LogP contribution in [0.3, 0.4) is 0 Å². The van der Waals surface area contributed by atoms with E-state index >= 15 is 0 Å². The molecule has 1 aromatic carbocycles. The second kappa shape index (κ2) is 4.61. The van der Waals surface area contributed by atoms with E-state index in [1.165, 1.54) is 19.3 Å². The van der Waals surface area contributed by atoms with Gasteiger partial charge < -0.3 is 5.32 Å². The first kappa shape index (κ1) is 11.0. The van der Waals surface area contributed by atoms with Gasteiger partial charge in [-0.1, -0.05) is 28.8 Å². The molecule has 3 nitrogen and oxygen atoms in total. The molecule has 0 atom stereocenters. The number of hydrogen-bond donors (Lipinski definition) is 1. The van der Waals surface area contributed by atoms with Crippen LogP contribution in [0.25, 0.3) is 10.9 Å². The number of benzene rings is 1. The minimum Gasteiger partial charge on any atom is -0.369 e. The van der Waals surface area contributed by atoms with Crippen LogP contribution < -0.4 is 5.32 Å². The van der Waals surface area contributed by atoms with E-state index < -0.39 is 0 Å². The molecule has 1 N–H and O–H groups in total. The number of anilines is 1. The summed E-state index contributed by atoms with van der Waals surface area (Å²) in [4.78, 5) is 8.59. The Kier molecular flexibility index (Phi) is 2.97. The SMILES string of the molecule is Brc1ccc2ncnc(NCCC3CC3)c2c1. The van der Waals surface area contributed by atoms with E-state index in [2.05, 4.69) is 37.3 Å². The zero-order chi connectivity index (χ0) is 11.7. The maximum Gasteiger partial charge on any atom is 0.137 e. The molecule has 1 aliphatic rings. The van der Waals surface area contributed by atoms with Crippen molar-refractivity contribution in [1.82, 2.24) is 9.97 Å². The highest BCUT2D eigenvalue weighted by Gasteiger charge is 2.20. The van der Waals surface area contributed by atoms with Gasteiger partial charge in [0.05, 0.1) is 5.52 Å². The van der Waals surface area contributed by atoms with E-state index in [4.69, 9.17) is 0 Å². The van der Waals surface area contributed by atoms with Crippen molar-refractivity contribution in [3.63, 3.8) is 0 Å². The Labute approximate surface area is 109 Å². The Morgan fingerprint density at radius 3 is 3.00 bits per heavy atom. The number of fused-ring (bicyclic) bond motifs is 1. The molecule has 1 saturated carbocycles. The van der Waals surface area contributed by atoms with Crippen LogP contribution in [-0.2, 0) is 0 Å². The van der Waals surface area contributed by atoms with Crippen LogP contribution in [-0.4, -0.2) is 16.5 Å². The van der Waals surface area contributed by atoms with E-state index in [-0.39, 0.29) is 0 Å². The van der Waals surface area contributed by atoms with Gasteiger partial charge in [-0.15, -0.1) is 0 Å². The van der Waals surface area contributed by atoms with Crippen molar-refractivity contribution < 1.29 is 0 Å². The molecule has 1 aromatic heterocycles.